The molecule has 1 atom stereocenters. The molecule has 1 aliphatic rings. The van der Waals surface area contributed by atoms with Crippen LogP contribution in [-0.2, 0) is 22.5 Å². The van der Waals surface area contributed by atoms with Gasteiger partial charge in [-0.1, -0.05) is 6.07 Å². The number of benzene rings is 1. The number of ether oxygens (including phenoxy) is 2. The Balaban J connectivity index is 1.73. The fourth-order valence-corrected chi connectivity index (χ4v) is 3.84. The van der Waals surface area contributed by atoms with E-state index in [-0.39, 0.29) is 42.9 Å². The summed E-state index contributed by atoms with van der Waals surface area (Å²) in [6.45, 7) is 2.09. The van der Waals surface area contributed by atoms with Crippen LogP contribution in [0.3, 0.4) is 0 Å². The maximum atomic E-state index is 12.7. The van der Waals surface area contributed by atoms with Gasteiger partial charge >= 0.3 is 0 Å². The number of rotatable bonds is 12. The summed E-state index contributed by atoms with van der Waals surface area (Å²) in [7, 11) is 3.20. The second-order valence-electron chi connectivity index (χ2n) is 8.22. The van der Waals surface area contributed by atoms with Crippen LogP contribution in [0.15, 0.2) is 28.1 Å². The molecule has 11 nitrogen and oxygen atoms in total. The van der Waals surface area contributed by atoms with Gasteiger partial charge in [0.15, 0.2) is 11.5 Å². The number of amides is 1. The molecule has 1 aromatic carbocycles. The van der Waals surface area contributed by atoms with Crippen molar-refractivity contribution in [2.75, 3.05) is 27.4 Å². The molecular weight excluding hydrogens is 440 g/mol. The number of nitrogens with zero attached hydrogens (tertiary/aromatic N) is 2. The molecular formula is C23H32N6O5. The Labute approximate surface area is 197 Å². The Morgan fingerprint density at radius 3 is 2.62 bits per heavy atom. The first-order chi connectivity index (χ1) is 16.3. The van der Waals surface area contributed by atoms with E-state index >= 15 is 0 Å². The summed E-state index contributed by atoms with van der Waals surface area (Å²) >= 11 is 0. The van der Waals surface area contributed by atoms with Crippen molar-refractivity contribution in [3.63, 3.8) is 0 Å². The number of H-pyrrole nitrogens is 1. The van der Waals surface area contributed by atoms with E-state index in [0.717, 1.165) is 18.4 Å². The number of oxime groups is 1. The van der Waals surface area contributed by atoms with E-state index in [0.29, 0.717) is 40.9 Å². The summed E-state index contributed by atoms with van der Waals surface area (Å²) < 4.78 is 10.8. The SMILES string of the molecule is COc1ccc(C(Cc2nc(CC(=O)NCCON=C(N)N)c(C)[nH]c2=O)C2CC2)cc1OC. The fourth-order valence-electron chi connectivity index (χ4n) is 3.84. The normalized spacial score (nSPS) is 13.6. The Kier molecular flexibility index (Phi) is 8.34. The number of aryl methyl sites for hydroxylation is 1. The molecule has 3 rings (SSSR count). The van der Waals surface area contributed by atoms with Crippen LogP contribution in [0.4, 0.5) is 0 Å². The maximum absolute atomic E-state index is 12.7. The molecule has 2 aromatic rings. The largest absolute Gasteiger partial charge is 0.493 e. The summed E-state index contributed by atoms with van der Waals surface area (Å²) in [5.74, 6) is 1.45. The summed E-state index contributed by atoms with van der Waals surface area (Å²) in [6, 6.07) is 5.84. The summed E-state index contributed by atoms with van der Waals surface area (Å²) in [4.78, 5) is 37.3. The Hall–Kier alpha value is -3.76. The van der Waals surface area contributed by atoms with Gasteiger partial charge in [-0.15, -0.1) is 0 Å². The monoisotopic (exact) mass is 472 g/mol. The van der Waals surface area contributed by atoms with Crippen LogP contribution in [0.25, 0.3) is 0 Å². The van der Waals surface area contributed by atoms with E-state index in [9.17, 15) is 9.59 Å². The van der Waals surface area contributed by atoms with Gasteiger partial charge in [0.1, 0.15) is 12.3 Å². The van der Waals surface area contributed by atoms with Crippen LogP contribution in [0.2, 0.25) is 0 Å². The molecule has 1 amide bonds. The minimum Gasteiger partial charge on any atom is -0.493 e. The number of nitrogens with one attached hydrogen (secondary N) is 2. The van der Waals surface area contributed by atoms with E-state index in [1.807, 2.05) is 18.2 Å². The fraction of sp³-hybridized carbons (Fsp3) is 0.478. The predicted molar refractivity (Wildman–Crippen MR) is 127 cm³/mol. The molecule has 0 spiro atoms. The first-order valence-electron chi connectivity index (χ1n) is 11.1. The molecule has 1 aliphatic carbocycles. The standard InChI is InChI=1S/C23H32N6O5/c1-13-17(12-21(30)26-8-9-34-29-23(24)25)28-18(22(31)27-13)11-16(14-4-5-14)15-6-7-19(32-2)20(10-15)33-3/h6-7,10,14,16H,4-5,8-9,11-12H2,1-3H3,(H,26,30)(H,27,31)(H4,24,25,29). The van der Waals surface area contributed by atoms with Crippen molar-refractivity contribution in [2.45, 2.75) is 38.5 Å². The quantitative estimate of drug-likeness (QED) is 0.151. The van der Waals surface area contributed by atoms with Gasteiger partial charge in [-0.25, -0.2) is 4.98 Å². The lowest BCUT2D eigenvalue weighted by molar-refractivity contribution is -0.120. The molecule has 0 radical (unpaired) electrons. The lowest BCUT2D eigenvalue weighted by atomic mass is 9.89. The molecule has 184 valence electrons. The third-order valence-electron chi connectivity index (χ3n) is 5.72. The van der Waals surface area contributed by atoms with E-state index in [2.05, 4.69) is 20.4 Å². The number of aromatic nitrogens is 2. The summed E-state index contributed by atoms with van der Waals surface area (Å²) in [6.07, 6.45) is 2.69. The summed E-state index contributed by atoms with van der Waals surface area (Å²) in [5.41, 5.74) is 12.7. The molecule has 6 N–H and O–H groups in total. The second kappa shape index (κ2) is 11.4. The van der Waals surface area contributed by atoms with Gasteiger partial charge in [-0.3, -0.25) is 9.59 Å². The molecule has 11 heteroatoms. The minimum atomic E-state index is -0.250. The van der Waals surface area contributed by atoms with Crippen LogP contribution >= 0.6 is 0 Å². The minimum absolute atomic E-state index is 0.0301. The number of nitrogens with two attached hydrogens (primary N) is 2. The van der Waals surface area contributed by atoms with Crippen molar-refractivity contribution >= 4 is 11.9 Å². The first kappa shape index (κ1) is 24.9. The predicted octanol–water partition coefficient (Wildman–Crippen LogP) is 0.696. The van der Waals surface area contributed by atoms with Crippen LogP contribution in [0, 0.1) is 12.8 Å². The number of carbonyl (C=O) groups is 1. The van der Waals surface area contributed by atoms with Gasteiger partial charge in [0.2, 0.25) is 11.9 Å². The molecule has 34 heavy (non-hydrogen) atoms. The van der Waals surface area contributed by atoms with E-state index < -0.39 is 0 Å². The molecule has 1 fully saturated rings. The van der Waals surface area contributed by atoms with Gasteiger partial charge in [-0.05, 0) is 54.5 Å². The van der Waals surface area contributed by atoms with Gasteiger partial charge in [-0.2, -0.15) is 0 Å². The van der Waals surface area contributed by atoms with Crippen molar-refractivity contribution in [1.82, 2.24) is 15.3 Å². The third-order valence-corrected chi connectivity index (χ3v) is 5.72. The first-order valence-corrected chi connectivity index (χ1v) is 11.1. The van der Waals surface area contributed by atoms with Crippen molar-refractivity contribution in [3.05, 3.63) is 51.2 Å². The number of aromatic amines is 1. The molecule has 0 aliphatic heterocycles. The highest BCUT2D eigenvalue weighted by molar-refractivity contribution is 5.78. The average molecular weight is 473 g/mol. The molecule has 1 aromatic heterocycles. The number of guanidine groups is 1. The van der Waals surface area contributed by atoms with E-state index in [4.69, 9.17) is 25.8 Å². The summed E-state index contributed by atoms with van der Waals surface area (Å²) in [5, 5.41) is 6.10. The van der Waals surface area contributed by atoms with Gasteiger partial charge in [0.25, 0.3) is 5.56 Å². The Morgan fingerprint density at radius 1 is 1.24 bits per heavy atom. The zero-order valence-corrected chi connectivity index (χ0v) is 19.7. The highest BCUT2D eigenvalue weighted by Crippen LogP contribution is 2.45. The van der Waals surface area contributed by atoms with Gasteiger partial charge in [0.05, 0.1) is 32.9 Å². The zero-order chi connectivity index (χ0) is 24.7. The topological polar surface area (TPSA) is 167 Å². The Morgan fingerprint density at radius 2 is 1.97 bits per heavy atom. The lowest BCUT2D eigenvalue weighted by Gasteiger charge is -2.19. The highest BCUT2D eigenvalue weighted by Gasteiger charge is 2.34. The molecule has 1 heterocycles. The van der Waals surface area contributed by atoms with E-state index in [1.165, 1.54) is 0 Å². The molecule has 1 unspecified atom stereocenters. The van der Waals surface area contributed by atoms with Crippen LogP contribution in [-0.4, -0.2) is 49.2 Å². The Bertz CT molecular complexity index is 1090. The lowest BCUT2D eigenvalue weighted by Crippen LogP contribution is -2.30. The smallest absolute Gasteiger partial charge is 0.269 e. The average Bonchev–Trinajstić information content (AvgIpc) is 3.64. The van der Waals surface area contributed by atoms with E-state index in [1.54, 1.807) is 21.1 Å². The molecule has 1 saturated carbocycles. The van der Waals surface area contributed by atoms with Crippen LogP contribution in [0.1, 0.15) is 41.4 Å². The van der Waals surface area contributed by atoms with Crippen molar-refractivity contribution in [2.24, 2.45) is 22.5 Å². The van der Waals surface area contributed by atoms with Crippen molar-refractivity contribution < 1.29 is 19.1 Å². The van der Waals surface area contributed by atoms with Gasteiger partial charge in [0, 0.05) is 12.1 Å². The zero-order valence-electron chi connectivity index (χ0n) is 19.7. The molecule has 0 saturated heterocycles. The van der Waals surface area contributed by atoms with Crippen molar-refractivity contribution in [3.8, 4) is 11.5 Å². The molecule has 0 bridgehead atoms. The number of carbonyl (C=O) groups excluding carboxylic acids is 1. The maximum Gasteiger partial charge on any atom is 0.269 e. The van der Waals surface area contributed by atoms with Crippen molar-refractivity contribution in [1.29, 1.82) is 0 Å². The van der Waals surface area contributed by atoms with Crippen LogP contribution < -0.4 is 31.8 Å². The highest BCUT2D eigenvalue weighted by atomic mass is 16.6. The van der Waals surface area contributed by atoms with Crippen LogP contribution in [0.5, 0.6) is 11.5 Å². The third kappa shape index (κ3) is 6.63. The number of hydrogen-bond acceptors (Lipinski definition) is 7. The van der Waals surface area contributed by atoms with Gasteiger partial charge < -0.3 is 36.1 Å². The number of methoxy groups -OCH3 is 2. The second-order valence-corrected chi connectivity index (χ2v) is 8.22. The number of hydrogen-bond donors (Lipinski definition) is 4.